The molecule has 0 amide bonds. The number of halogens is 1. The Balaban J connectivity index is 2.27. The van der Waals surface area contributed by atoms with Crippen LogP contribution in [0.15, 0.2) is 46.7 Å². The van der Waals surface area contributed by atoms with E-state index in [1.54, 1.807) is 17.5 Å². The van der Waals surface area contributed by atoms with Crippen molar-refractivity contribution < 1.29 is 22.7 Å². The second kappa shape index (κ2) is 6.33. The molecule has 1 heterocycles. The summed E-state index contributed by atoms with van der Waals surface area (Å²) in [5.41, 5.74) is 0. The predicted octanol–water partition coefficient (Wildman–Crippen LogP) is 2.38. The summed E-state index contributed by atoms with van der Waals surface area (Å²) in [6, 6.07) is 6.83. The Labute approximate surface area is 125 Å². The van der Waals surface area contributed by atoms with E-state index in [4.69, 9.17) is 5.11 Å². The van der Waals surface area contributed by atoms with Crippen LogP contribution in [0.1, 0.15) is 17.3 Å². The first-order chi connectivity index (χ1) is 9.88. The van der Waals surface area contributed by atoms with Crippen molar-refractivity contribution in [2.24, 2.45) is 0 Å². The maximum Gasteiger partial charge on any atom is 0.305 e. The lowest BCUT2D eigenvalue weighted by Gasteiger charge is -2.15. The van der Waals surface area contributed by atoms with Gasteiger partial charge >= 0.3 is 5.97 Å². The van der Waals surface area contributed by atoms with Crippen molar-refractivity contribution in [1.29, 1.82) is 0 Å². The third kappa shape index (κ3) is 4.10. The number of hydrogen-bond donors (Lipinski definition) is 2. The summed E-state index contributed by atoms with van der Waals surface area (Å²) >= 11 is 1.26. The highest BCUT2D eigenvalue weighted by Crippen LogP contribution is 2.24. The number of nitrogens with one attached hydrogen (secondary N) is 1. The van der Waals surface area contributed by atoms with Crippen molar-refractivity contribution in [3.05, 3.63) is 52.5 Å². The lowest BCUT2D eigenvalue weighted by Crippen LogP contribution is -2.29. The van der Waals surface area contributed by atoms with E-state index in [1.165, 1.54) is 11.3 Å². The van der Waals surface area contributed by atoms with E-state index in [2.05, 4.69) is 4.72 Å². The fourth-order valence-corrected chi connectivity index (χ4v) is 3.80. The number of aliphatic carboxylic acids is 1. The molecule has 1 unspecified atom stereocenters. The van der Waals surface area contributed by atoms with Crippen molar-refractivity contribution in [3.8, 4) is 0 Å². The van der Waals surface area contributed by atoms with E-state index < -0.39 is 27.9 Å². The molecule has 0 aliphatic carbocycles. The van der Waals surface area contributed by atoms with E-state index in [-0.39, 0.29) is 11.3 Å². The maximum absolute atomic E-state index is 12.8. The molecule has 5 nitrogen and oxygen atoms in total. The van der Waals surface area contributed by atoms with Gasteiger partial charge in [-0.25, -0.2) is 17.5 Å². The fraction of sp³-hybridized carbons (Fsp3) is 0.154. The van der Waals surface area contributed by atoms with Gasteiger partial charge in [-0.3, -0.25) is 4.79 Å². The maximum atomic E-state index is 12.8. The number of sulfonamides is 1. The lowest BCUT2D eigenvalue weighted by atomic mass is 10.2. The highest BCUT2D eigenvalue weighted by Gasteiger charge is 2.24. The van der Waals surface area contributed by atoms with E-state index in [0.717, 1.165) is 24.3 Å². The molecule has 0 spiro atoms. The first-order valence-electron chi connectivity index (χ1n) is 5.91. The van der Waals surface area contributed by atoms with Gasteiger partial charge in [0, 0.05) is 4.88 Å². The summed E-state index contributed by atoms with van der Waals surface area (Å²) in [6.45, 7) is 0. The molecule has 21 heavy (non-hydrogen) atoms. The molecule has 0 fully saturated rings. The molecular weight excluding hydrogens is 317 g/mol. The van der Waals surface area contributed by atoms with Crippen LogP contribution in [0.3, 0.4) is 0 Å². The zero-order valence-electron chi connectivity index (χ0n) is 10.7. The van der Waals surface area contributed by atoms with E-state index >= 15 is 0 Å². The molecular formula is C13H12FNO4S2. The van der Waals surface area contributed by atoms with Crippen molar-refractivity contribution in [2.75, 3.05) is 0 Å². The van der Waals surface area contributed by atoms with Gasteiger partial charge in [-0.15, -0.1) is 11.3 Å². The summed E-state index contributed by atoms with van der Waals surface area (Å²) in [7, 11) is -3.92. The summed E-state index contributed by atoms with van der Waals surface area (Å²) in [5.74, 6) is -1.66. The van der Waals surface area contributed by atoms with Gasteiger partial charge in [0.15, 0.2) is 0 Å². The Morgan fingerprint density at radius 2 is 1.95 bits per heavy atom. The minimum absolute atomic E-state index is 0.115. The standard InChI is InChI=1S/C13H12FNO4S2/c14-9-3-5-10(6-4-9)21(18,19)15-11(8-13(16)17)12-2-1-7-20-12/h1-7,11,15H,8H2,(H,16,17). The van der Waals surface area contributed by atoms with Crippen LogP contribution in [0.25, 0.3) is 0 Å². The largest absolute Gasteiger partial charge is 0.481 e. The smallest absolute Gasteiger partial charge is 0.305 e. The predicted molar refractivity (Wildman–Crippen MR) is 76.0 cm³/mol. The normalized spacial score (nSPS) is 13.0. The average molecular weight is 329 g/mol. The molecule has 0 radical (unpaired) electrons. The molecule has 1 aromatic heterocycles. The minimum atomic E-state index is -3.92. The lowest BCUT2D eigenvalue weighted by molar-refractivity contribution is -0.137. The van der Waals surface area contributed by atoms with Gasteiger partial charge in [-0.2, -0.15) is 0 Å². The Bertz CT molecular complexity index is 711. The summed E-state index contributed by atoms with van der Waals surface area (Å²) < 4.78 is 39.6. The Morgan fingerprint density at radius 1 is 1.29 bits per heavy atom. The van der Waals surface area contributed by atoms with Crippen molar-refractivity contribution in [1.82, 2.24) is 4.72 Å². The molecule has 1 aromatic carbocycles. The van der Waals surface area contributed by atoms with E-state index in [0.29, 0.717) is 4.88 Å². The minimum Gasteiger partial charge on any atom is -0.481 e. The van der Waals surface area contributed by atoms with E-state index in [1.807, 2.05) is 0 Å². The molecule has 112 valence electrons. The van der Waals surface area contributed by atoms with Crippen LogP contribution < -0.4 is 4.72 Å². The quantitative estimate of drug-likeness (QED) is 0.852. The highest BCUT2D eigenvalue weighted by atomic mass is 32.2. The van der Waals surface area contributed by atoms with Gasteiger partial charge < -0.3 is 5.11 Å². The van der Waals surface area contributed by atoms with Gasteiger partial charge in [0.05, 0.1) is 17.4 Å². The van der Waals surface area contributed by atoms with Gasteiger partial charge in [0.1, 0.15) is 5.82 Å². The van der Waals surface area contributed by atoms with Crippen LogP contribution in [0, 0.1) is 5.82 Å². The van der Waals surface area contributed by atoms with Gasteiger partial charge in [-0.1, -0.05) is 6.07 Å². The highest BCUT2D eigenvalue weighted by molar-refractivity contribution is 7.89. The number of benzene rings is 1. The third-order valence-electron chi connectivity index (χ3n) is 2.69. The number of thiophene rings is 1. The summed E-state index contributed by atoms with van der Waals surface area (Å²) in [6.07, 6.45) is -0.374. The molecule has 2 rings (SSSR count). The van der Waals surface area contributed by atoms with Gasteiger partial charge in [0.2, 0.25) is 10.0 Å². The first-order valence-corrected chi connectivity index (χ1v) is 8.28. The Kier molecular flexibility index (Phi) is 4.71. The van der Waals surface area contributed by atoms with Crippen molar-refractivity contribution in [2.45, 2.75) is 17.4 Å². The second-order valence-electron chi connectivity index (χ2n) is 4.24. The number of rotatable bonds is 6. The molecule has 0 saturated heterocycles. The number of carboxylic acids is 1. The summed E-state index contributed by atoms with van der Waals surface area (Å²) in [4.78, 5) is 11.4. The Morgan fingerprint density at radius 3 is 2.48 bits per heavy atom. The molecule has 1 atom stereocenters. The van der Waals surface area contributed by atoms with Crippen LogP contribution in [0.4, 0.5) is 4.39 Å². The number of hydrogen-bond acceptors (Lipinski definition) is 4. The van der Waals surface area contributed by atoms with Crippen LogP contribution in [0.2, 0.25) is 0 Å². The fourth-order valence-electron chi connectivity index (χ4n) is 1.73. The zero-order chi connectivity index (χ0) is 15.5. The first kappa shape index (κ1) is 15.6. The molecule has 2 aromatic rings. The average Bonchev–Trinajstić information content (AvgIpc) is 2.91. The van der Waals surface area contributed by atoms with Crippen LogP contribution >= 0.6 is 11.3 Å². The SMILES string of the molecule is O=C(O)CC(NS(=O)(=O)c1ccc(F)cc1)c1cccs1. The molecule has 0 saturated carbocycles. The topological polar surface area (TPSA) is 83.5 Å². The second-order valence-corrected chi connectivity index (χ2v) is 6.93. The van der Waals surface area contributed by atoms with Crippen LogP contribution in [0.5, 0.6) is 0 Å². The molecule has 0 aliphatic heterocycles. The molecule has 0 bridgehead atoms. The van der Waals surface area contributed by atoms with Crippen LogP contribution in [-0.4, -0.2) is 19.5 Å². The van der Waals surface area contributed by atoms with Gasteiger partial charge in [0.25, 0.3) is 0 Å². The monoisotopic (exact) mass is 329 g/mol. The van der Waals surface area contributed by atoms with Crippen molar-refractivity contribution in [3.63, 3.8) is 0 Å². The molecule has 2 N–H and O–H groups in total. The third-order valence-corrected chi connectivity index (χ3v) is 5.16. The van der Waals surface area contributed by atoms with Crippen molar-refractivity contribution >= 4 is 27.3 Å². The van der Waals surface area contributed by atoms with Gasteiger partial charge in [-0.05, 0) is 35.7 Å². The number of carbonyl (C=O) groups is 1. The zero-order valence-corrected chi connectivity index (χ0v) is 12.3. The molecule has 0 aliphatic rings. The summed E-state index contributed by atoms with van der Waals surface area (Å²) in [5, 5.41) is 10.6. The molecule has 8 heteroatoms. The number of carboxylic acid groups (broad SMARTS) is 1. The van der Waals surface area contributed by atoms with Crippen LogP contribution in [-0.2, 0) is 14.8 Å². The van der Waals surface area contributed by atoms with E-state index in [9.17, 15) is 17.6 Å². The Hall–Kier alpha value is -1.77.